The minimum absolute atomic E-state index is 0.0887. The molecule has 190 valence electrons. The molecule has 2 aliphatic rings. The first-order valence-electron chi connectivity index (χ1n) is 12.5. The summed E-state index contributed by atoms with van der Waals surface area (Å²) in [6, 6.07) is 11.6. The van der Waals surface area contributed by atoms with Gasteiger partial charge in [-0.15, -0.1) is 11.3 Å². The molecule has 0 unspecified atom stereocenters. The van der Waals surface area contributed by atoms with Gasteiger partial charge in [0.1, 0.15) is 5.54 Å². The van der Waals surface area contributed by atoms with Gasteiger partial charge in [0.2, 0.25) is 0 Å². The van der Waals surface area contributed by atoms with E-state index in [0.717, 1.165) is 41.8 Å². The van der Waals surface area contributed by atoms with E-state index in [1.54, 1.807) is 31.5 Å². The van der Waals surface area contributed by atoms with Crippen LogP contribution in [0.3, 0.4) is 0 Å². The molecule has 9 heteroatoms. The van der Waals surface area contributed by atoms with Crippen LogP contribution >= 0.6 is 22.9 Å². The van der Waals surface area contributed by atoms with Gasteiger partial charge in [-0.3, -0.25) is 19.5 Å². The number of carbonyl (C=O) groups is 2. The molecule has 5 rings (SSSR count). The molecule has 1 N–H and O–H groups in total. The first-order chi connectivity index (χ1) is 17.3. The quantitative estimate of drug-likeness (QED) is 0.548. The highest BCUT2D eigenvalue weighted by Gasteiger charge is 2.41. The second-order valence-electron chi connectivity index (χ2n) is 9.97. The summed E-state index contributed by atoms with van der Waals surface area (Å²) < 4.78 is 0.939. The molecular formula is C27H32ClN5O2S. The fraction of sp³-hybridized carbons (Fsp3) is 0.444. The number of hydrogen-bond acceptors (Lipinski definition) is 6. The summed E-state index contributed by atoms with van der Waals surface area (Å²) in [7, 11) is 2.18. The molecule has 2 saturated heterocycles. The molecule has 1 aromatic carbocycles. The predicted molar refractivity (Wildman–Crippen MR) is 145 cm³/mol. The molecule has 0 bridgehead atoms. The van der Waals surface area contributed by atoms with Gasteiger partial charge in [0.25, 0.3) is 11.8 Å². The summed E-state index contributed by atoms with van der Waals surface area (Å²) in [5.41, 5.74) is -0.485. The van der Waals surface area contributed by atoms with Crippen LogP contribution < -0.4 is 5.32 Å². The molecule has 36 heavy (non-hydrogen) atoms. The van der Waals surface area contributed by atoms with E-state index in [4.69, 9.17) is 11.6 Å². The lowest BCUT2D eigenvalue weighted by atomic mass is 9.90. The summed E-state index contributed by atoms with van der Waals surface area (Å²) >= 11 is 7.51. The number of piperazine rings is 1. The van der Waals surface area contributed by atoms with Gasteiger partial charge in [-0.1, -0.05) is 17.7 Å². The van der Waals surface area contributed by atoms with Gasteiger partial charge in [0.05, 0.1) is 4.88 Å². The third-order valence-corrected chi connectivity index (χ3v) is 8.89. The summed E-state index contributed by atoms with van der Waals surface area (Å²) in [5.74, 6) is -0.362. The van der Waals surface area contributed by atoms with Crippen molar-refractivity contribution in [3.63, 3.8) is 0 Å². The number of piperidine rings is 1. The van der Waals surface area contributed by atoms with Crippen molar-refractivity contribution in [3.8, 4) is 0 Å². The Morgan fingerprint density at radius 2 is 1.72 bits per heavy atom. The Labute approximate surface area is 221 Å². The Morgan fingerprint density at radius 3 is 2.42 bits per heavy atom. The number of carbonyl (C=O) groups excluding carboxylic acids is 2. The number of halogens is 1. The number of nitrogens with one attached hydrogen (secondary N) is 1. The van der Waals surface area contributed by atoms with Crippen molar-refractivity contribution < 1.29 is 9.59 Å². The second-order valence-corrected chi connectivity index (χ2v) is 11.5. The number of amides is 2. The number of nitrogens with zero attached hydrogens (tertiary/aromatic N) is 4. The number of pyridine rings is 1. The van der Waals surface area contributed by atoms with E-state index in [-0.39, 0.29) is 11.8 Å². The maximum Gasteiger partial charge on any atom is 0.262 e. The van der Waals surface area contributed by atoms with E-state index >= 15 is 0 Å². The van der Waals surface area contributed by atoms with Crippen molar-refractivity contribution in [2.24, 2.45) is 0 Å². The van der Waals surface area contributed by atoms with Gasteiger partial charge >= 0.3 is 0 Å². The van der Waals surface area contributed by atoms with E-state index in [2.05, 4.69) is 27.1 Å². The smallest absolute Gasteiger partial charge is 0.262 e. The summed E-state index contributed by atoms with van der Waals surface area (Å²) in [6.07, 6.45) is 5.67. The Bertz CT molecular complexity index is 1240. The average molecular weight is 526 g/mol. The molecule has 0 saturated carbocycles. The van der Waals surface area contributed by atoms with E-state index < -0.39 is 5.54 Å². The summed E-state index contributed by atoms with van der Waals surface area (Å²) in [4.78, 5) is 38.9. The molecule has 2 amide bonds. The second kappa shape index (κ2) is 10.5. The number of hydrogen-bond donors (Lipinski definition) is 1. The third-order valence-electron chi connectivity index (χ3n) is 7.56. The maximum absolute atomic E-state index is 14.0. The molecule has 2 fully saturated rings. The van der Waals surface area contributed by atoms with Crippen LogP contribution in [0.1, 0.15) is 35.0 Å². The molecular weight excluding hydrogens is 494 g/mol. The monoisotopic (exact) mass is 525 g/mol. The fourth-order valence-corrected chi connectivity index (χ4v) is 6.54. The predicted octanol–water partition coefficient (Wildman–Crippen LogP) is 3.83. The zero-order valence-corrected chi connectivity index (χ0v) is 22.3. The van der Waals surface area contributed by atoms with E-state index in [9.17, 15) is 9.59 Å². The van der Waals surface area contributed by atoms with E-state index in [1.807, 2.05) is 29.2 Å². The lowest BCUT2D eigenvalue weighted by molar-refractivity contribution is -0.140. The van der Waals surface area contributed by atoms with Gasteiger partial charge in [-0.05, 0) is 81.2 Å². The molecule has 7 nitrogen and oxygen atoms in total. The number of aromatic nitrogens is 1. The molecule has 0 aliphatic carbocycles. The van der Waals surface area contributed by atoms with Crippen molar-refractivity contribution in [1.29, 1.82) is 0 Å². The van der Waals surface area contributed by atoms with Crippen molar-refractivity contribution in [1.82, 2.24) is 25.0 Å². The first-order valence-corrected chi connectivity index (χ1v) is 13.7. The fourth-order valence-electron chi connectivity index (χ4n) is 5.31. The van der Waals surface area contributed by atoms with Gasteiger partial charge in [0, 0.05) is 54.3 Å². The number of fused-ring (bicyclic) bond motifs is 1. The maximum atomic E-state index is 14.0. The molecule has 3 aromatic rings. The van der Waals surface area contributed by atoms with Gasteiger partial charge in [-0.25, -0.2) is 0 Å². The van der Waals surface area contributed by atoms with Crippen molar-refractivity contribution in [2.45, 2.75) is 31.3 Å². The minimum atomic E-state index is -1.20. The lowest BCUT2D eigenvalue weighted by Gasteiger charge is -2.44. The largest absolute Gasteiger partial charge is 0.338 e. The normalized spacial score (nSPS) is 19.8. The van der Waals surface area contributed by atoms with Crippen LogP contribution in [-0.2, 0) is 10.3 Å². The standard InChI is InChI=1S/C27H32ClN5O2S/c1-27(20-5-9-29-10-6-20,30-25(34)24-17-19-3-4-21(28)18-23(19)36-24)26(35)33-15-13-32(14-16-33)22-7-11-31(2)12-8-22/h3-6,9-10,17-18,22H,7-8,11-16H2,1-2H3,(H,30,34)/t27-/m1/s1. The Morgan fingerprint density at radius 1 is 1.03 bits per heavy atom. The summed E-state index contributed by atoms with van der Waals surface area (Å²) in [6.45, 7) is 7.08. The highest BCUT2D eigenvalue weighted by atomic mass is 35.5. The van der Waals surface area contributed by atoms with Gasteiger partial charge in [0.15, 0.2) is 0 Å². The molecule has 1 atom stereocenters. The van der Waals surface area contributed by atoms with Crippen LogP contribution in [0.15, 0.2) is 48.8 Å². The Kier molecular flexibility index (Phi) is 7.30. The highest BCUT2D eigenvalue weighted by molar-refractivity contribution is 7.20. The van der Waals surface area contributed by atoms with Crippen LogP contribution in [0, 0.1) is 0 Å². The summed E-state index contributed by atoms with van der Waals surface area (Å²) in [5, 5.41) is 4.67. The van der Waals surface area contributed by atoms with Crippen LogP contribution in [-0.4, -0.2) is 83.9 Å². The van der Waals surface area contributed by atoms with E-state index in [0.29, 0.717) is 29.0 Å². The SMILES string of the molecule is CN1CCC(N2CCN(C(=O)[C@](C)(NC(=O)c3cc4ccc(Cl)cc4s3)c3ccncc3)CC2)CC1. The number of thiophene rings is 1. The van der Waals surface area contributed by atoms with Crippen molar-refractivity contribution >= 4 is 44.8 Å². The first kappa shape index (κ1) is 25.1. The molecule has 2 aliphatic heterocycles. The van der Waals surface area contributed by atoms with Crippen LogP contribution in [0.25, 0.3) is 10.1 Å². The van der Waals surface area contributed by atoms with Gasteiger partial charge in [-0.2, -0.15) is 0 Å². The lowest BCUT2D eigenvalue weighted by Crippen LogP contribution is -2.60. The average Bonchev–Trinajstić information content (AvgIpc) is 3.33. The van der Waals surface area contributed by atoms with Crippen LogP contribution in [0.5, 0.6) is 0 Å². The van der Waals surface area contributed by atoms with Crippen LogP contribution in [0.2, 0.25) is 5.02 Å². The van der Waals surface area contributed by atoms with Gasteiger partial charge < -0.3 is 15.1 Å². The van der Waals surface area contributed by atoms with Crippen LogP contribution in [0.4, 0.5) is 0 Å². The molecule has 4 heterocycles. The Balaban J connectivity index is 1.33. The zero-order chi connectivity index (χ0) is 25.3. The third kappa shape index (κ3) is 5.13. The zero-order valence-electron chi connectivity index (χ0n) is 20.7. The molecule has 0 radical (unpaired) electrons. The Hall–Kier alpha value is -2.52. The number of rotatable bonds is 5. The van der Waals surface area contributed by atoms with E-state index in [1.165, 1.54) is 24.2 Å². The molecule has 2 aromatic heterocycles. The minimum Gasteiger partial charge on any atom is -0.338 e. The topological polar surface area (TPSA) is 68.8 Å². The number of likely N-dealkylation sites (tertiary alicyclic amines) is 1. The van der Waals surface area contributed by atoms with Crippen molar-refractivity contribution in [2.75, 3.05) is 46.3 Å². The van der Waals surface area contributed by atoms with Crippen molar-refractivity contribution in [3.05, 3.63) is 64.3 Å². The molecule has 0 spiro atoms. The number of benzene rings is 1. The highest BCUT2D eigenvalue weighted by Crippen LogP contribution is 2.30.